The summed E-state index contributed by atoms with van der Waals surface area (Å²) in [6.45, 7) is 5.51. The van der Waals surface area contributed by atoms with E-state index in [0.717, 1.165) is 25.7 Å². The largest absolute Gasteiger partial charge is 0.492 e. The molecule has 0 N–H and O–H groups in total. The number of ketones is 2. The van der Waals surface area contributed by atoms with Gasteiger partial charge < -0.3 is 9.47 Å². The van der Waals surface area contributed by atoms with Gasteiger partial charge in [0.25, 0.3) is 0 Å². The van der Waals surface area contributed by atoms with Crippen LogP contribution in [0.4, 0.5) is 0 Å². The van der Waals surface area contributed by atoms with Crippen LogP contribution < -0.4 is 9.47 Å². The summed E-state index contributed by atoms with van der Waals surface area (Å²) in [5.41, 5.74) is 1.45. The molecule has 0 aromatic heterocycles. The molecule has 0 radical (unpaired) electrons. The summed E-state index contributed by atoms with van der Waals surface area (Å²) in [6, 6.07) is 7.04. The molecule has 3 rings (SSSR count). The van der Waals surface area contributed by atoms with E-state index >= 15 is 0 Å². The lowest BCUT2D eigenvalue weighted by atomic mass is 9.83. The van der Waals surface area contributed by atoms with Crippen molar-refractivity contribution < 1.29 is 19.1 Å². The lowest BCUT2D eigenvalue weighted by Gasteiger charge is -2.23. The van der Waals surface area contributed by atoms with Crippen LogP contribution in [0, 0.1) is 0 Å². The normalized spacial score (nSPS) is 12.4. The lowest BCUT2D eigenvalue weighted by molar-refractivity contribution is 0.0971. The topological polar surface area (TPSA) is 52.6 Å². The average molecular weight is 679 g/mol. The van der Waals surface area contributed by atoms with Crippen LogP contribution >= 0.6 is 31.9 Å². The number of benzene rings is 2. The summed E-state index contributed by atoms with van der Waals surface area (Å²) in [7, 11) is 0. The van der Waals surface area contributed by atoms with Crippen molar-refractivity contribution in [1.29, 1.82) is 0 Å². The molecule has 1 aliphatic carbocycles. The van der Waals surface area contributed by atoms with Crippen molar-refractivity contribution in [3.8, 4) is 11.5 Å². The summed E-state index contributed by atoms with van der Waals surface area (Å²) >= 11 is 7.12. The molecular weight excluding hydrogens is 632 g/mol. The van der Waals surface area contributed by atoms with E-state index in [0.29, 0.717) is 55.9 Å². The highest BCUT2D eigenvalue weighted by molar-refractivity contribution is 9.11. The van der Waals surface area contributed by atoms with E-state index < -0.39 is 0 Å². The molecule has 0 spiro atoms. The molecule has 2 aromatic rings. The van der Waals surface area contributed by atoms with Gasteiger partial charge in [-0.2, -0.15) is 0 Å². The predicted octanol–water partition coefficient (Wildman–Crippen LogP) is 11.0. The molecule has 40 heavy (non-hydrogen) atoms. The first kappa shape index (κ1) is 32.8. The van der Waals surface area contributed by atoms with Crippen LogP contribution in [0.1, 0.15) is 148 Å². The minimum absolute atomic E-state index is 0.193. The Morgan fingerprint density at radius 2 is 0.825 bits per heavy atom. The SMILES string of the molecule is CCCCCCCCCCOc1c(Br)ccc2c1C(=O)c1ccc(Br)c(OCCCCCCCCCC)c1C2=O. The highest BCUT2D eigenvalue weighted by Gasteiger charge is 2.36. The van der Waals surface area contributed by atoms with Crippen molar-refractivity contribution >= 4 is 43.4 Å². The molecule has 0 heterocycles. The standard InChI is InChI=1S/C34H46Br2O4/c1-3-5-7-9-11-13-15-17-23-39-33-27(35)21-19-25-29(33)31(37)26-20-22-28(36)34(30(26)32(25)38)40-24-18-16-14-12-10-8-6-4-2/h19-22H,3-18,23-24H2,1-2H3. The zero-order valence-electron chi connectivity index (χ0n) is 24.4. The van der Waals surface area contributed by atoms with Gasteiger partial charge in [0, 0.05) is 11.1 Å². The third-order valence-electron chi connectivity index (χ3n) is 7.65. The Kier molecular flexibility index (Phi) is 14.8. The Balaban J connectivity index is 1.62. The van der Waals surface area contributed by atoms with Gasteiger partial charge in [0.15, 0.2) is 11.6 Å². The van der Waals surface area contributed by atoms with Crippen LogP contribution in [0.5, 0.6) is 11.5 Å². The first-order chi connectivity index (χ1) is 19.5. The number of rotatable bonds is 20. The number of fused-ring (bicyclic) bond motifs is 2. The van der Waals surface area contributed by atoms with Crippen molar-refractivity contribution in [2.24, 2.45) is 0 Å². The first-order valence-corrected chi connectivity index (χ1v) is 17.1. The van der Waals surface area contributed by atoms with E-state index in [9.17, 15) is 9.59 Å². The smallest absolute Gasteiger partial charge is 0.198 e. The third-order valence-corrected chi connectivity index (χ3v) is 8.90. The highest BCUT2D eigenvalue weighted by atomic mass is 79.9. The Labute approximate surface area is 258 Å². The number of hydrogen-bond donors (Lipinski definition) is 0. The van der Waals surface area contributed by atoms with Crippen molar-refractivity contribution in [2.75, 3.05) is 13.2 Å². The maximum absolute atomic E-state index is 13.7. The maximum atomic E-state index is 13.7. The molecule has 220 valence electrons. The molecule has 0 saturated heterocycles. The number of carbonyl (C=O) groups is 2. The van der Waals surface area contributed by atoms with Gasteiger partial charge in [0.1, 0.15) is 11.5 Å². The number of unbranched alkanes of at least 4 members (excludes halogenated alkanes) is 14. The molecule has 0 amide bonds. The van der Waals surface area contributed by atoms with Gasteiger partial charge in [-0.25, -0.2) is 0 Å². The van der Waals surface area contributed by atoms with E-state index in [1.165, 1.54) is 77.0 Å². The van der Waals surface area contributed by atoms with E-state index in [1.54, 1.807) is 24.3 Å². The van der Waals surface area contributed by atoms with Crippen molar-refractivity contribution in [2.45, 2.75) is 117 Å². The number of ether oxygens (including phenoxy) is 2. The second kappa shape index (κ2) is 18.0. The fourth-order valence-corrected chi connectivity index (χ4v) is 6.21. The van der Waals surface area contributed by atoms with Crippen LogP contribution in [0.25, 0.3) is 0 Å². The van der Waals surface area contributed by atoms with E-state index in [1.807, 2.05) is 0 Å². The summed E-state index contributed by atoms with van der Waals surface area (Å²) in [5, 5.41) is 0. The molecule has 0 unspecified atom stereocenters. The van der Waals surface area contributed by atoms with Crippen molar-refractivity contribution in [3.05, 3.63) is 55.5 Å². The first-order valence-electron chi connectivity index (χ1n) is 15.5. The summed E-state index contributed by atoms with van der Waals surface area (Å²) in [5.74, 6) is 0.546. The molecule has 1 aliphatic rings. The molecule has 4 nitrogen and oxygen atoms in total. The molecule has 0 atom stereocenters. The Hall–Kier alpha value is -1.66. The van der Waals surface area contributed by atoms with Crippen LogP contribution in [0.2, 0.25) is 0 Å². The van der Waals surface area contributed by atoms with Crippen molar-refractivity contribution in [3.63, 3.8) is 0 Å². The zero-order valence-corrected chi connectivity index (χ0v) is 27.6. The van der Waals surface area contributed by atoms with Gasteiger partial charge in [0.2, 0.25) is 0 Å². The summed E-state index contributed by atoms with van der Waals surface area (Å²) in [4.78, 5) is 27.5. The lowest BCUT2D eigenvalue weighted by Crippen LogP contribution is -2.23. The second-order valence-corrected chi connectivity index (χ2v) is 12.6. The molecule has 0 bridgehead atoms. The number of hydrogen-bond acceptors (Lipinski definition) is 4. The van der Waals surface area contributed by atoms with E-state index in [2.05, 4.69) is 45.7 Å². The average Bonchev–Trinajstić information content (AvgIpc) is 2.95. The minimum atomic E-state index is -0.193. The second-order valence-electron chi connectivity index (χ2n) is 10.9. The summed E-state index contributed by atoms with van der Waals surface area (Å²) < 4.78 is 13.7. The quantitative estimate of drug-likeness (QED) is 0.112. The van der Waals surface area contributed by atoms with Gasteiger partial charge in [-0.3, -0.25) is 9.59 Å². The van der Waals surface area contributed by atoms with Crippen LogP contribution in [-0.4, -0.2) is 24.8 Å². The monoisotopic (exact) mass is 676 g/mol. The van der Waals surface area contributed by atoms with Gasteiger partial charge in [-0.05, 0) is 69.0 Å². The van der Waals surface area contributed by atoms with Crippen molar-refractivity contribution in [1.82, 2.24) is 0 Å². The maximum Gasteiger partial charge on any atom is 0.198 e. The van der Waals surface area contributed by atoms with E-state index in [4.69, 9.17) is 9.47 Å². The minimum Gasteiger partial charge on any atom is -0.492 e. The predicted molar refractivity (Wildman–Crippen MR) is 171 cm³/mol. The molecule has 0 aliphatic heterocycles. The van der Waals surface area contributed by atoms with E-state index in [-0.39, 0.29) is 11.6 Å². The fourth-order valence-electron chi connectivity index (χ4n) is 5.32. The van der Waals surface area contributed by atoms with Crippen LogP contribution in [-0.2, 0) is 0 Å². The third kappa shape index (κ3) is 9.17. The van der Waals surface area contributed by atoms with Crippen LogP contribution in [0.3, 0.4) is 0 Å². The Morgan fingerprint density at radius 3 is 1.18 bits per heavy atom. The number of halogens is 2. The van der Waals surface area contributed by atoms with Gasteiger partial charge in [-0.15, -0.1) is 0 Å². The molecular formula is C34H46Br2O4. The molecule has 0 fully saturated rings. The van der Waals surface area contributed by atoms with Crippen LogP contribution in [0.15, 0.2) is 33.2 Å². The van der Waals surface area contributed by atoms with Gasteiger partial charge >= 0.3 is 0 Å². The molecule has 6 heteroatoms. The summed E-state index contributed by atoms with van der Waals surface area (Å²) in [6.07, 6.45) is 19.3. The Morgan fingerprint density at radius 1 is 0.500 bits per heavy atom. The van der Waals surface area contributed by atoms with Gasteiger partial charge in [0.05, 0.1) is 33.3 Å². The molecule has 2 aromatic carbocycles. The fraction of sp³-hybridized carbons (Fsp3) is 0.588. The number of carbonyl (C=O) groups excluding carboxylic acids is 2. The Bertz CT molecular complexity index is 1020. The zero-order chi connectivity index (χ0) is 28.7. The van der Waals surface area contributed by atoms with Gasteiger partial charge in [-0.1, -0.05) is 104 Å². The molecule has 0 saturated carbocycles. The highest BCUT2D eigenvalue weighted by Crippen LogP contribution is 2.42.